The minimum absolute atomic E-state index is 0.0865. The summed E-state index contributed by atoms with van der Waals surface area (Å²) in [7, 11) is 0. The third-order valence-corrected chi connectivity index (χ3v) is 7.03. The van der Waals surface area contributed by atoms with Gasteiger partial charge < -0.3 is 4.74 Å². The molecule has 1 aliphatic heterocycles. The molecule has 2 aliphatic carbocycles. The van der Waals surface area contributed by atoms with Crippen LogP contribution in [0.3, 0.4) is 0 Å². The summed E-state index contributed by atoms with van der Waals surface area (Å²) in [5, 5.41) is 0. The largest absolute Gasteiger partial charge is 0.366 e. The molecule has 4 rings (SSSR count). The van der Waals surface area contributed by atoms with Crippen molar-refractivity contribution in [1.82, 2.24) is 0 Å². The second-order valence-electron chi connectivity index (χ2n) is 7.10. The molecule has 0 radical (unpaired) electrons. The molecule has 1 saturated heterocycles. The van der Waals surface area contributed by atoms with E-state index in [1.54, 1.807) is 0 Å². The number of carbonyl (C=O) groups excluding carboxylic acids is 1. The second kappa shape index (κ2) is 4.85. The van der Waals surface area contributed by atoms with Crippen molar-refractivity contribution in [2.75, 3.05) is 5.75 Å². The Balaban J connectivity index is 1.57. The Morgan fingerprint density at radius 1 is 1.29 bits per heavy atom. The van der Waals surface area contributed by atoms with Gasteiger partial charge in [-0.2, -0.15) is 0 Å². The van der Waals surface area contributed by atoms with Crippen molar-refractivity contribution >= 4 is 17.5 Å². The molecule has 0 N–H and O–H groups in total. The van der Waals surface area contributed by atoms with Gasteiger partial charge in [-0.15, -0.1) is 11.8 Å². The van der Waals surface area contributed by atoms with Crippen LogP contribution in [0.5, 0.6) is 0 Å². The predicted molar refractivity (Wildman–Crippen MR) is 84.5 cm³/mol. The average Bonchev–Trinajstić information content (AvgIpc) is 3.14. The fourth-order valence-corrected chi connectivity index (χ4v) is 5.66. The van der Waals surface area contributed by atoms with Gasteiger partial charge in [-0.25, -0.2) is 0 Å². The number of carbonyl (C=O) groups is 1. The number of ether oxygens (including phenoxy) is 1. The van der Waals surface area contributed by atoms with Gasteiger partial charge in [0.05, 0.1) is 11.7 Å². The van der Waals surface area contributed by atoms with Crippen LogP contribution in [0.4, 0.5) is 0 Å². The second-order valence-corrected chi connectivity index (χ2v) is 8.15. The molecular formula is C18H22O2S. The van der Waals surface area contributed by atoms with Crippen molar-refractivity contribution in [2.45, 2.75) is 55.6 Å². The fraction of sp³-hybridized carbons (Fsp3) is 0.611. The third-order valence-electron chi connectivity index (χ3n) is 5.77. The lowest BCUT2D eigenvalue weighted by Gasteiger charge is -2.46. The van der Waals surface area contributed by atoms with Crippen molar-refractivity contribution in [3.05, 3.63) is 30.3 Å². The molecule has 3 fully saturated rings. The molecule has 0 unspecified atom stereocenters. The number of Topliss-reactive ketones (excluding diaryl/α,β-unsaturated/α-hetero) is 1. The number of hydrogen-bond donors (Lipinski definition) is 0. The van der Waals surface area contributed by atoms with Gasteiger partial charge in [-0.05, 0) is 50.7 Å². The van der Waals surface area contributed by atoms with Crippen LogP contribution in [-0.2, 0) is 9.53 Å². The summed E-state index contributed by atoms with van der Waals surface area (Å²) in [6, 6.07) is 10.5. The molecule has 3 heteroatoms. The smallest absolute Gasteiger partial charge is 0.140 e. The van der Waals surface area contributed by atoms with Crippen molar-refractivity contribution < 1.29 is 9.53 Å². The van der Waals surface area contributed by atoms with Crippen molar-refractivity contribution in [2.24, 2.45) is 11.3 Å². The number of fused-ring (bicyclic) bond motifs is 2. The minimum atomic E-state index is -0.126. The molecule has 0 bridgehead atoms. The summed E-state index contributed by atoms with van der Waals surface area (Å²) >= 11 is 1.85. The zero-order chi connectivity index (χ0) is 14.5. The SMILES string of the molecule is C[C@@]12C[C@H]3CCCC(=O)[C@]3(CSc3ccccc3)C[C@@H]1O2. The Hall–Kier alpha value is -0.800. The molecule has 2 nitrogen and oxygen atoms in total. The maximum Gasteiger partial charge on any atom is 0.140 e. The zero-order valence-electron chi connectivity index (χ0n) is 12.5. The molecule has 112 valence electrons. The maximum atomic E-state index is 12.8. The van der Waals surface area contributed by atoms with Crippen LogP contribution in [0.1, 0.15) is 39.0 Å². The predicted octanol–water partition coefficient (Wildman–Crippen LogP) is 4.09. The van der Waals surface area contributed by atoms with Crippen LogP contribution < -0.4 is 0 Å². The summed E-state index contributed by atoms with van der Waals surface area (Å²) in [5.74, 6) is 1.95. The summed E-state index contributed by atoms with van der Waals surface area (Å²) < 4.78 is 5.92. The topological polar surface area (TPSA) is 29.6 Å². The van der Waals surface area contributed by atoms with Gasteiger partial charge in [-0.3, -0.25) is 4.79 Å². The highest BCUT2D eigenvalue weighted by Gasteiger charge is 2.65. The van der Waals surface area contributed by atoms with E-state index < -0.39 is 0 Å². The van der Waals surface area contributed by atoms with Gasteiger partial charge in [0.1, 0.15) is 5.78 Å². The number of rotatable bonds is 3. The number of epoxide rings is 1. The van der Waals surface area contributed by atoms with Crippen LogP contribution in [0.15, 0.2) is 35.2 Å². The number of thioether (sulfide) groups is 1. The molecule has 21 heavy (non-hydrogen) atoms. The first-order chi connectivity index (χ1) is 10.1. The van der Waals surface area contributed by atoms with Crippen molar-refractivity contribution in [1.29, 1.82) is 0 Å². The van der Waals surface area contributed by atoms with Crippen LogP contribution in [0, 0.1) is 11.3 Å². The minimum Gasteiger partial charge on any atom is -0.366 e. The van der Waals surface area contributed by atoms with E-state index in [2.05, 4.69) is 31.2 Å². The van der Waals surface area contributed by atoms with Gasteiger partial charge in [-0.1, -0.05) is 18.2 Å². The van der Waals surface area contributed by atoms with Gasteiger partial charge in [0.2, 0.25) is 0 Å². The van der Waals surface area contributed by atoms with E-state index in [9.17, 15) is 4.79 Å². The molecule has 1 aromatic rings. The first-order valence-electron chi connectivity index (χ1n) is 8.01. The lowest BCUT2D eigenvalue weighted by atomic mass is 9.58. The molecule has 3 aliphatic rings. The molecule has 0 amide bonds. The maximum absolute atomic E-state index is 12.8. The number of ketones is 1. The first kappa shape index (κ1) is 13.8. The summed E-state index contributed by atoms with van der Waals surface area (Å²) in [4.78, 5) is 14.0. The highest BCUT2D eigenvalue weighted by molar-refractivity contribution is 7.99. The Morgan fingerprint density at radius 3 is 2.90 bits per heavy atom. The normalized spacial score (nSPS) is 41.3. The fourth-order valence-electron chi connectivity index (χ4n) is 4.37. The highest BCUT2D eigenvalue weighted by Crippen LogP contribution is 2.60. The van der Waals surface area contributed by atoms with E-state index in [0.717, 1.165) is 31.4 Å². The lowest BCUT2D eigenvalue weighted by molar-refractivity contribution is -0.135. The molecule has 1 aromatic carbocycles. The van der Waals surface area contributed by atoms with Crippen LogP contribution in [0.2, 0.25) is 0 Å². The lowest BCUT2D eigenvalue weighted by Crippen LogP contribution is -2.49. The van der Waals surface area contributed by atoms with Crippen LogP contribution in [-0.4, -0.2) is 23.2 Å². The molecular weight excluding hydrogens is 280 g/mol. The third kappa shape index (κ3) is 2.25. The Labute approximate surface area is 130 Å². The van der Waals surface area contributed by atoms with Crippen LogP contribution >= 0.6 is 11.8 Å². The van der Waals surface area contributed by atoms with Gasteiger partial charge in [0.15, 0.2) is 0 Å². The summed E-state index contributed by atoms with van der Waals surface area (Å²) in [5.41, 5.74) is -0.0391. The van der Waals surface area contributed by atoms with E-state index in [1.807, 2.05) is 17.8 Å². The summed E-state index contributed by atoms with van der Waals surface area (Å²) in [6.45, 7) is 2.23. The molecule has 0 aromatic heterocycles. The van der Waals surface area contributed by atoms with Gasteiger partial charge in [0, 0.05) is 22.5 Å². The molecule has 2 saturated carbocycles. The molecule has 1 heterocycles. The van der Waals surface area contributed by atoms with E-state index in [-0.39, 0.29) is 11.0 Å². The Bertz CT molecular complexity index is 558. The first-order valence-corrected chi connectivity index (χ1v) is 9.00. The quantitative estimate of drug-likeness (QED) is 0.622. The molecule has 4 atom stereocenters. The monoisotopic (exact) mass is 302 g/mol. The average molecular weight is 302 g/mol. The van der Waals surface area contributed by atoms with E-state index in [4.69, 9.17) is 4.74 Å². The Morgan fingerprint density at radius 2 is 2.10 bits per heavy atom. The van der Waals surface area contributed by atoms with Gasteiger partial charge in [0.25, 0.3) is 0 Å². The van der Waals surface area contributed by atoms with E-state index in [0.29, 0.717) is 17.8 Å². The number of benzene rings is 1. The van der Waals surface area contributed by atoms with Gasteiger partial charge >= 0.3 is 0 Å². The molecule has 0 spiro atoms. The Kier molecular flexibility index (Phi) is 3.20. The zero-order valence-corrected chi connectivity index (χ0v) is 13.3. The standard InChI is InChI=1S/C18H22O2S/c1-17-10-13-6-5-9-15(19)18(13,11-16(17)20-17)12-21-14-7-3-2-4-8-14/h2-4,7-8,13,16H,5-6,9-12H2,1H3/t13-,16+,17-,18+/m1/s1. The van der Waals surface area contributed by atoms with E-state index in [1.165, 1.54) is 11.3 Å². The van der Waals surface area contributed by atoms with Crippen LogP contribution in [0.25, 0.3) is 0 Å². The number of hydrogen-bond acceptors (Lipinski definition) is 3. The van der Waals surface area contributed by atoms with Crippen molar-refractivity contribution in [3.8, 4) is 0 Å². The highest BCUT2D eigenvalue weighted by atomic mass is 32.2. The van der Waals surface area contributed by atoms with E-state index >= 15 is 0 Å². The summed E-state index contributed by atoms with van der Waals surface area (Å²) in [6.07, 6.45) is 5.41. The van der Waals surface area contributed by atoms with Crippen molar-refractivity contribution in [3.63, 3.8) is 0 Å².